The van der Waals surface area contributed by atoms with Crippen molar-refractivity contribution < 1.29 is 4.92 Å². The molecule has 0 aliphatic carbocycles. The maximum Gasteiger partial charge on any atom is 0.270 e. The zero-order valence-corrected chi connectivity index (χ0v) is 18.9. The zero-order chi connectivity index (χ0) is 21.7. The van der Waals surface area contributed by atoms with Crippen molar-refractivity contribution >= 4 is 22.7 Å². The molecule has 0 fully saturated rings. The van der Waals surface area contributed by atoms with Crippen molar-refractivity contribution in [2.24, 2.45) is 10.9 Å². The topological polar surface area (TPSA) is 60.4 Å². The number of rotatable bonds is 8. The van der Waals surface area contributed by atoms with Gasteiger partial charge in [0.1, 0.15) is 0 Å². The Morgan fingerprint density at radius 2 is 1.83 bits per heavy atom. The second-order valence-corrected chi connectivity index (χ2v) is 8.87. The smallest absolute Gasteiger partial charge is 0.270 e. The van der Waals surface area contributed by atoms with Crippen LogP contribution in [-0.4, -0.2) is 9.49 Å². The molecular weight excluding hydrogens is 394 g/mol. The van der Waals surface area contributed by atoms with Crippen molar-refractivity contribution in [3.63, 3.8) is 0 Å². The number of thiazole rings is 1. The van der Waals surface area contributed by atoms with Crippen LogP contribution in [0.1, 0.15) is 52.1 Å². The average molecular weight is 424 g/mol. The van der Waals surface area contributed by atoms with Gasteiger partial charge in [0.15, 0.2) is 4.80 Å². The lowest BCUT2D eigenvalue weighted by Crippen LogP contribution is -2.20. The molecule has 3 aromatic rings. The van der Waals surface area contributed by atoms with E-state index < -0.39 is 0 Å². The number of hydrogen-bond donors (Lipinski definition) is 0. The summed E-state index contributed by atoms with van der Waals surface area (Å²) in [6, 6.07) is 15.4. The minimum Gasteiger partial charge on any atom is -0.314 e. The highest BCUT2D eigenvalue weighted by atomic mass is 32.1. The number of benzene rings is 2. The van der Waals surface area contributed by atoms with Crippen molar-refractivity contribution in [3.05, 3.63) is 74.4 Å². The molecule has 0 bridgehead atoms. The van der Waals surface area contributed by atoms with Gasteiger partial charge < -0.3 is 4.57 Å². The molecule has 0 N–H and O–H groups in total. The van der Waals surface area contributed by atoms with Crippen LogP contribution in [0.25, 0.3) is 11.3 Å². The minimum absolute atomic E-state index is 0.105. The molecule has 1 aromatic heterocycles. The lowest BCUT2D eigenvalue weighted by Gasteiger charge is -2.18. The molecule has 0 amide bonds. The zero-order valence-electron chi connectivity index (χ0n) is 18.0. The van der Waals surface area contributed by atoms with Crippen LogP contribution in [-0.2, 0) is 6.42 Å². The van der Waals surface area contributed by atoms with Gasteiger partial charge in [-0.3, -0.25) is 10.1 Å². The Kier molecular flexibility index (Phi) is 7.21. The predicted octanol–water partition coefficient (Wildman–Crippen LogP) is 6.92. The van der Waals surface area contributed by atoms with Crippen LogP contribution in [0.5, 0.6) is 0 Å². The predicted molar refractivity (Wildman–Crippen MR) is 124 cm³/mol. The van der Waals surface area contributed by atoms with Gasteiger partial charge in [0.2, 0.25) is 0 Å². The molecule has 2 aromatic carbocycles. The van der Waals surface area contributed by atoms with E-state index in [4.69, 9.17) is 4.99 Å². The van der Waals surface area contributed by atoms with Gasteiger partial charge in [-0.1, -0.05) is 45.0 Å². The Hall–Kier alpha value is -2.73. The fraction of sp³-hybridized carbons (Fsp3) is 0.375. The Labute approximate surface area is 181 Å². The van der Waals surface area contributed by atoms with Crippen molar-refractivity contribution in [1.82, 2.24) is 4.57 Å². The van der Waals surface area contributed by atoms with Gasteiger partial charge >= 0.3 is 0 Å². The Morgan fingerprint density at radius 1 is 1.10 bits per heavy atom. The lowest BCUT2D eigenvalue weighted by atomic mass is 10.0. The summed E-state index contributed by atoms with van der Waals surface area (Å²) in [6.45, 7) is 8.80. The van der Waals surface area contributed by atoms with E-state index in [1.54, 1.807) is 23.5 Å². The maximum absolute atomic E-state index is 11.3. The molecule has 6 heteroatoms. The standard InChI is InChI=1S/C24H29N3O2S/c1-5-19-11-13-21(14-12-19)25-24-26(18(4)10-9-17(2)3)23(16-30-24)20-7-6-8-22(15-20)27(28)29/h6-8,11-18H,5,9-10H2,1-4H3. The highest BCUT2D eigenvalue weighted by Crippen LogP contribution is 2.29. The SMILES string of the molecule is CCc1ccc(N=c2scc(-c3cccc([N+](=O)[O-])c3)n2C(C)CCC(C)C)cc1. The van der Waals surface area contributed by atoms with Crippen LogP contribution in [0.3, 0.4) is 0 Å². The number of hydrogen-bond acceptors (Lipinski definition) is 4. The summed E-state index contributed by atoms with van der Waals surface area (Å²) in [5.41, 5.74) is 4.14. The van der Waals surface area contributed by atoms with Gasteiger partial charge in [-0.15, -0.1) is 11.3 Å². The van der Waals surface area contributed by atoms with Crippen molar-refractivity contribution in [1.29, 1.82) is 0 Å². The largest absolute Gasteiger partial charge is 0.314 e. The molecule has 1 heterocycles. The molecule has 5 nitrogen and oxygen atoms in total. The molecule has 3 rings (SSSR count). The first-order chi connectivity index (χ1) is 14.4. The van der Waals surface area contributed by atoms with E-state index in [-0.39, 0.29) is 16.7 Å². The molecule has 30 heavy (non-hydrogen) atoms. The van der Waals surface area contributed by atoms with E-state index in [1.165, 1.54) is 11.6 Å². The molecule has 0 aliphatic rings. The van der Waals surface area contributed by atoms with E-state index >= 15 is 0 Å². The first kappa shape index (κ1) is 22.0. The molecule has 158 valence electrons. The van der Waals surface area contributed by atoms with Crippen LogP contribution < -0.4 is 4.80 Å². The third-order valence-electron chi connectivity index (χ3n) is 5.27. The molecule has 0 saturated carbocycles. The van der Waals surface area contributed by atoms with Crippen molar-refractivity contribution in [2.75, 3.05) is 0 Å². The lowest BCUT2D eigenvalue weighted by molar-refractivity contribution is -0.384. The van der Waals surface area contributed by atoms with E-state index in [9.17, 15) is 10.1 Å². The van der Waals surface area contributed by atoms with Crippen LogP contribution in [0.2, 0.25) is 0 Å². The van der Waals surface area contributed by atoms with Crippen LogP contribution in [0.4, 0.5) is 11.4 Å². The molecule has 0 radical (unpaired) electrons. The molecule has 0 spiro atoms. The summed E-state index contributed by atoms with van der Waals surface area (Å²) >= 11 is 1.58. The van der Waals surface area contributed by atoms with Gasteiger partial charge in [-0.25, -0.2) is 4.99 Å². The number of non-ortho nitro benzene ring substituents is 1. The fourth-order valence-corrected chi connectivity index (χ4v) is 4.45. The van der Waals surface area contributed by atoms with E-state index in [0.29, 0.717) is 5.92 Å². The maximum atomic E-state index is 11.3. The monoisotopic (exact) mass is 423 g/mol. The van der Waals surface area contributed by atoms with E-state index in [1.807, 2.05) is 6.07 Å². The summed E-state index contributed by atoms with van der Waals surface area (Å²) in [5, 5.41) is 13.3. The average Bonchev–Trinajstić information content (AvgIpc) is 3.16. The Balaban J connectivity index is 2.10. The van der Waals surface area contributed by atoms with Crippen LogP contribution in [0, 0.1) is 16.0 Å². The molecule has 0 saturated heterocycles. The quantitative estimate of drug-likeness (QED) is 0.292. The normalized spacial score (nSPS) is 13.0. The van der Waals surface area contributed by atoms with Gasteiger partial charge in [-0.05, 0) is 49.8 Å². The Bertz CT molecular complexity index is 1060. The van der Waals surface area contributed by atoms with Gasteiger partial charge in [-0.2, -0.15) is 0 Å². The molecule has 0 aliphatic heterocycles. The van der Waals surface area contributed by atoms with Crippen LogP contribution >= 0.6 is 11.3 Å². The highest BCUT2D eigenvalue weighted by Gasteiger charge is 2.16. The highest BCUT2D eigenvalue weighted by molar-refractivity contribution is 7.07. The fourth-order valence-electron chi connectivity index (χ4n) is 3.44. The molecule has 1 unspecified atom stereocenters. The van der Waals surface area contributed by atoms with E-state index in [2.05, 4.69) is 61.9 Å². The molecule has 1 atom stereocenters. The summed E-state index contributed by atoms with van der Waals surface area (Å²) in [4.78, 5) is 16.7. The first-order valence-electron chi connectivity index (χ1n) is 10.5. The number of nitro groups is 1. The van der Waals surface area contributed by atoms with Gasteiger partial charge in [0.25, 0.3) is 5.69 Å². The Morgan fingerprint density at radius 3 is 2.47 bits per heavy atom. The second kappa shape index (κ2) is 9.85. The first-order valence-corrected chi connectivity index (χ1v) is 11.4. The van der Waals surface area contributed by atoms with E-state index in [0.717, 1.165) is 41.0 Å². The number of nitro benzene ring substituents is 1. The minimum atomic E-state index is -0.344. The number of aromatic nitrogens is 1. The second-order valence-electron chi connectivity index (χ2n) is 8.03. The summed E-state index contributed by atoms with van der Waals surface area (Å²) in [5.74, 6) is 0.620. The number of nitrogens with zero attached hydrogens (tertiary/aromatic N) is 3. The van der Waals surface area contributed by atoms with Crippen molar-refractivity contribution in [2.45, 2.75) is 53.0 Å². The summed E-state index contributed by atoms with van der Waals surface area (Å²) in [7, 11) is 0. The van der Waals surface area contributed by atoms with Gasteiger partial charge in [0.05, 0.1) is 16.3 Å². The summed E-state index contributed by atoms with van der Waals surface area (Å²) < 4.78 is 2.24. The third kappa shape index (κ3) is 5.25. The van der Waals surface area contributed by atoms with Gasteiger partial charge in [0, 0.05) is 29.1 Å². The number of aryl methyl sites for hydroxylation is 1. The summed E-state index contributed by atoms with van der Waals surface area (Å²) in [6.07, 6.45) is 3.14. The molecular formula is C24H29N3O2S. The van der Waals surface area contributed by atoms with Crippen LogP contribution in [0.15, 0.2) is 58.9 Å². The van der Waals surface area contributed by atoms with Crippen molar-refractivity contribution in [3.8, 4) is 11.3 Å². The third-order valence-corrected chi connectivity index (χ3v) is 6.11.